The average molecular weight is 385 g/mol. The van der Waals surface area contributed by atoms with Crippen molar-refractivity contribution in [1.29, 1.82) is 0 Å². The molecule has 0 saturated carbocycles. The zero-order valence-corrected chi connectivity index (χ0v) is 16.8. The lowest BCUT2D eigenvalue weighted by atomic mass is 10.2. The Morgan fingerprint density at radius 2 is 1.96 bits per heavy atom. The number of piperazine rings is 1. The van der Waals surface area contributed by atoms with Crippen LogP contribution in [0.5, 0.6) is 0 Å². The minimum atomic E-state index is 0.144. The molecular formula is C19H24N6OS. The van der Waals surface area contributed by atoms with Crippen molar-refractivity contribution < 1.29 is 4.79 Å². The van der Waals surface area contributed by atoms with E-state index in [-0.39, 0.29) is 5.91 Å². The van der Waals surface area contributed by atoms with E-state index in [2.05, 4.69) is 28.1 Å². The van der Waals surface area contributed by atoms with E-state index in [1.807, 2.05) is 34.6 Å². The van der Waals surface area contributed by atoms with E-state index >= 15 is 0 Å². The highest BCUT2D eigenvalue weighted by atomic mass is 32.1. The second-order valence-electron chi connectivity index (χ2n) is 6.95. The minimum Gasteiger partial charge on any atom is -0.353 e. The first-order valence-electron chi connectivity index (χ1n) is 9.38. The van der Waals surface area contributed by atoms with Crippen LogP contribution >= 0.6 is 11.3 Å². The molecule has 142 valence electrons. The molecule has 4 rings (SSSR count). The molecule has 3 aromatic rings. The Balaban J connectivity index is 1.53. The summed E-state index contributed by atoms with van der Waals surface area (Å²) in [6.45, 7) is 9.08. The third-order valence-corrected chi connectivity index (χ3v) is 6.06. The van der Waals surface area contributed by atoms with Gasteiger partial charge < -0.3 is 9.80 Å². The lowest BCUT2D eigenvalue weighted by molar-refractivity contribution is 0.0750. The number of carbonyl (C=O) groups excluding carboxylic acids is 1. The van der Waals surface area contributed by atoms with Crippen LogP contribution in [0.25, 0.3) is 5.78 Å². The van der Waals surface area contributed by atoms with Gasteiger partial charge in [0.2, 0.25) is 0 Å². The molecule has 1 saturated heterocycles. The Morgan fingerprint density at radius 1 is 1.19 bits per heavy atom. The third kappa shape index (κ3) is 3.29. The van der Waals surface area contributed by atoms with Gasteiger partial charge in [-0.3, -0.25) is 9.20 Å². The molecule has 27 heavy (non-hydrogen) atoms. The van der Waals surface area contributed by atoms with Crippen LogP contribution in [0.2, 0.25) is 0 Å². The fourth-order valence-corrected chi connectivity index (χ4v) is 4.48. The predicted octanol–water partition coefficient (Wildman–Crippen LogP) is 2.72. The average Bonchev–Trinajstić information content (AvgIpc) is 3.27. The number of hydrogen-bond acceptors (Lipinski definition) is 6. The first kappa shape index (κ1) is 17.9. The molecular weight excluding hydrogens is 360 g/mol. The Bertz CT molecular complexity index is 970. The maximum absolute atomic E-state index is 12.7. The number of nitrogens with zero attached hydrogens (tertiary/aromatic N) is 6. The zero-order valence-electron chi connectivity index (χ0n) is 16.0. The summed E-state index contributed by atoms with van der Waals surface area (Å²) >= 11 is 1.52. The highest BCUT2D eigenvalue weighted by Gasteiger charge is 2.25. The van der Waals surface area contributed by atoms with E-state index in [0.29, 0.717) is 18.9 Å². The lowest BCUT2D eigenvalue weighted by Crippen LogP contribution is -2.49. The number of aryl methyl sites for hydroxylation is 3. The van der Waals surface area contributed by atoms with Crippen LogP contribution in [0.4, 0.5) is 5.82 Å². The molecule has 0 N–H and O–H groups in total. The number of aromatic nitrogens is 4. The van der Waals surface area contributed by atoms with Gasteiger partial charge in [-0.25, -0.2) is 0 Å². The van der Waals surface area contributed by atoms with Crippen LogP contribution in [0.3, 0.4) is 0 Å². The molecule has 0 atom stereocenters. The van der Waals surface area contributed by atoms with Gasteiger partial charge in [-0.15, -0.1) is 21.5 Å². The smallest absolute Gasteiger partial charge is 0.264 e. The summed E-state index contributed by atoms with van der Waals surface area (Å²) in [5.41, 5.74) is 2.25. The van der Waals surface area contributed by atoms with Crippen LogP contribution in [-0.2, 0) is 6.42 Å². The van der Waals surface area contributed by atoms with Crippen molar-refractivity contribution in [3.05, 3.63) is 39.5 Å². The number of hydrogen-bond donors (Lipinski definition) is 0. The van der Waals surface area contributed by atoms with E-state index in [1.165, 1.54) is 17.0 Å². The minimum absolute atomic E-state index is 0.144. The summed E-state index contributed by atoms with van der Waals surface area (Å²) in [6.07, 6.45) is 2.01. The number of thiophene rings is 1. The van der Waals surface area contributed by atoms with Crippen molar-refractivity contribution in [2.24, 2.45) is 0 Å². The fraction of sp³-hybridized carbons (Fsp3) is 0.474. The highest BCUT2D eigenvalue weighted by Crippen LogP contribution is 2.22. The second-order valence-corrected chi connectivity index (χ2v) is 7.87. The Hall–Kier alpha value is -2.48. The summed E-state index contributed by atoms with van der Waals surface area (Å²) in [5.74, 6) is 2.60. The third-order valence-electron chi connectivity index (χ3n) is 5.06. The molecule has 0 radical (unpaired) electrons. The number of fused-ring (bicyclic) bond motifs is 1. The van der Waals surface area contributed by atoms with Gasteiger partial charge in [0.15, 0.2) is 0 Å². The molecule has 8 heteroatoms. The Morgan fingerprint density at radius 3 is 2.63 bits per heavy atom. The van der Waals surface area contributed by atoms with Gasteiger partial charge in [-0.1, -0.05) is 13.3 Å². The summed E-state index contributed by atoms with van der Waals surface area (Å²) in [5, 5.41) is 10.4. The van der Waals surface area contributed by atoms with Crippen LogP contribution < -0.4 is 4.90 Å². The lowest BCUT2D eigenvalue weighted by Gasteiger charge is -2.35. The van der Waals surface area contributed by atoms with Crippen molar-refractivity contribution >= 4 is 28.8 Å². The molecule has 0 aromatic carbocycles. The summed E-state index contributed by atoms with van der Waals surface area (Å²) in [7, 11) is 0. The predicted molar refractivity (Wildman–Crippen MR) is 107 cm³/mol. The van der Waals surface area contributed by atoms with Gasteiger partial charge in [-0.2, -0.15) is 4.98 Å². The van der Waals surface area contributed by atoms with Gasteiger partial charge in [0.1, 0.15) is 11.6 Å². The first-order valence-corrected chi connectivity index (χ1v) is 10.3. The van der Waals surface area contributed by atoms with E-state index in [1.54, 1.807) is 0 Å². The first-order chi connectivity index (χ1) is 13.1. The molecule has 1 aliphatic rings. The van der Waals surface area contributed by atoms with E-state index in [0.717, 1.165) is 48.0 Å². The van der Waals surface area contributed by atoms with Crippen LogP contribution in [0.1, 0.15) is 40.1 Å². The maximum Gasteiger partial charge on any atom is 0.264 e. The molecule has 0 spiro atoms. The SMILES string of the molecule is CCCc1cc(N2CCN(C(=O)c3sccc3C)CC2)nc2nnc(C)n12. The molecule has 4 heterocycles. The zero-order chi connectivity index (χ0) is 19.0. The molecule has 7 nitrogen and oxygen atoms in total. The summed E-state index contributed by atoms with van der Waals surface area (Å²) in [6, 6.07) is 4.15. The number of rotatable bonds is 4. The number of anilines is 1. The monoisotopic (exact) mass is 384 g/mol. The van der Waals surface area contributed by atoms with Crippen LogP contribution in [-0.4, -0.2) is 56.6 Å². The Kier molecular flexibility index (Phi) is 4.82. The van der Waals surface area contributed by atoms with Crippen molar-refractivity contribution in [2.45, 2.75) is 33.6 Å². The van der Waals surface area contributed by atoms with E-state index in [9.17, 15) is 4.79 Å². The van der Waals surface area contributed by atoms with Crippen molar-refractivity contribution in [2.75, 3.05) is 31.1 Å². The fourth-order valence-electron chi connectivity index (χ4n) is 3.58. The van der Waals surface area contributed by atoms with Crippen LogP contribution in [0, 0.1) is 13.8 Å². The molecule has 0 unspecified atom stereocenters. The van der Waals surface area contributed by atoms with Gasteiger partial charge >= 0.3 is 0 Å². The maximum atomic E-state index is 12.7. The quantitative estimate of drug-likeness (QED) is 0.692. The summed E-state index contributed by atoms with van der Waals surface area (Å²) in [4.78, 5) is 22.5. The second kappa shape index (κ2) is 7.26. The standard InChI is InChI=1S/C19H24N6OS/c1-4-5-15-12-16(20-19-22-21-14(3)25(15)19)23-7-9-24(10-8-23)18(26)17-13(2)6-11-27-17/h6,11-12H,4-5,7-10H2,1-3H3. The van der Waals surface area contributed by atoms with E-state index < -0.39 is 0 Å². The highest BCUT2D eigenvalue weighted by molar-refractivity contribution is 7.12. The van der Waals surface area contributed by atoms with Gasteiger partial charge in [0.05, 0.1) is 4.88 Å². The molecule has 1 amide bonds. The van der Waals surface area contributed by atoms with Gasteiger partial charge in [0, 0.05) is 37.9 Å². The molecule has 3 aromatic heterocycles. The molecule has 0 bridgehead atoms. The largest absolute Gasteiger partial charge is 0.353 e. The van der Waals surface area contributed by atoms with Gasteiger partial charge in [0.25, 0.3) is 11.7 Å². The van der Waals surface area contributed by atoms with Crippen LogP contribution in [0.15, 0.2) is 17.5 Å². The van der Waals surface area contributed by atoms with Crippen molar-refractivity contribution in [3.8, 4) is 0 Å². The summed E-state index contributed by atoms with van der Waals surface area (Å²) < 4.78 is 2.03. The molecule has 1 aliphatic heterocycles. The van der Waals surface area contributed by atoms with Crippen molar-refractivity contribution in [3.63, 3.8) is 0 Å². The van der Waals surface area contributed by atoms with Gasteiger partial charge in [-0.05, 0) is 37.3 Å². The number of amides is 1. The molecule has 1 fully saturated rings. The van der Waals surface area contributed by atoms with E-state index in [4.69, 9.17) is 4.98 Å². The van der Waals surface area contributed by atoms with Crippen molar-refractivity contribution in [1.82, 2.24) is 24.5 Å². The normalized spacial score (nSPS) is 14.9. The number of carbonyl (C=O) groups is 1. The molecule has 0 aliphatic carbocycles. The topological polar surface area (TPSA) is 66.6 Å². The Labute approximate surface area is 162 Å².